The van der Waals surface area contributed by atoms with Crippen LogP contribution in [-0.2, 0) is 4.74 Å². The van der Waals surface area contributed by atoms with Crippen LogP contribution in [0.1, 0.15) is 18.7 Å². The number of aromatic nitrogens is 4. The molecule has 2 aromatic heterocycles. The topological polar surface area (TPSA) is 143 Å². The summed E-state index contributed by atoms with van der Waals surface area (Å²) < 4.78 is 7.06. The molecule has 3 heterocycles. The van der Waals surface area contributed by atoms with Crippen LogP contribution in [0.3, 0.4) is 0 Å². The molecule has 4 atom stereocenters. The number of hydrogen-bond acceptors (Lipinski definition) is 8. The van der Waals surface area contributed by atoms with Crippen molar-refractivity contribution in [1.29, 1.82) is 5.26 Å². The minimum atomic E-state index is -1.23. The van der Waals surface area contributed by atoms with Gasteiger partial charge in [-0.15, -0.1) is 0 Å². The molecule has 3 rings (SSSR count). The fourth-order valence-electron chi connectivity index (χ4n) is 2.61. The lowest BCUT2D eigenvalue weighted by atomic mass is 9.80. The molecule has 4 unspecified atom stereocenters. The molecular weight excluding hydrogens is 276 g/mol. The summed E-state index contributed by atoms with van der Waals surface area (Å²) in [5.41, 5.74) is 5.30. The maximum Gasteiger partial charge on any atom is 0.196 e. The SMILES string of the molecule is CC1(C#N)C(c2cnc3c(N)ncnn23)OC(CO)C1O. The Morgan fingerprint density at radius 3 is 3.00 bits per heavy atom. The molecule has 0 saturated carbocycles. The molecule has 21 heavy (non-hydrogen) atoms. The third-order valence-corrected chi connectivity index (χ3v) is 3.87. The Hall–Kier alpha value is -2.28. The van der Waals surface area contributed by atoms with Gasteiger partial charge in [0, 0.05) is 0 Å². The van der Waals surface area contributed by atoms with Crippen molar-refractivity contribution in [3.8, 4) is 6.07 Å². The van der Waals surface area contributed by atoms with E-state index in [1.807, 2.05) is 0 Å². The van der Waals surface area contributed by atoms with Gasteiger partial charge in [-0.05, 0) is 6.92 Å². The highest BCUT2D eigenvalue weighted by molar-refractivity contribution is 5.59. The zero-order valence-electron chi connectivity index (χ0n) is 11.2. The molecular formula is C12H14N6O3. The number of aliphatic hydroxyl groups is 2. The van der Waals surface area contributed by atoms with E-state index < -0.39 is 23.7 Å². The number of nitriles is 1. The van der Waals surface area contributed by atoms with Crippen LogP contribution in [-0.4, -0.2) is 48.6 Å². The smallest absolute Gasteiger partial charge is 0.196 e. The lowest BCUT2D eigenvalue weighted by Crippen LogP contribution is -2.36. The van der Waals surface area contributed by atoms with Crippen LogP contribution in [0.15, 0.2) is 12.5 Å². The average molecular weight is 290 g/mol. The number of hydrogen-bond donors (Lipinski definition) is 3. The van der Waals surface area contributed by atoms with Crippen LogP contribution in [0.4, 0.5) is 5.82 Å². The molecule has 9 heteroatoms. The Balaban J connectivity index is 2.14. The van der Waals surface area contributed by atoms with Gasteiger partial charge < -0.3 is 20.7 Å². The lowest BCUT2D eigenvalue weighted by molar-refractivity contribution is -0.0241. The first-order valence-electron chi connectivity index (χ1n) is 6.32. The molecule has 110 valence electrons. The number of nitrogens with zero attached hydrogens (tertiary/aromatic N) is 5. The number of anilines is 1. The second-order valence-electron chi connectivity index (χ2n) is 5.14. The summed E-state index contributed by atoms with van der Waals surface area (Å²) in [4.78, 5) is 7.96. The van der Waals surface area contributed by atoms with Crippen molar-refractivity contribution in [2.24, 2.45) is 5.41 Å². The van der Waals surface area contributed by atoms with Crippen molar-refractivity contribution in [2.45, 2.75) is 25.2 Å². The summed E-state index contributed by atoms with van der Waals surface area (Å²) in [6, 6.07) is 2.07. The molecule has 1 aliphatic rings. The number of fused-ring (bicyclic) bond motifs is 1. The second kappa shape index (κ2) is 4.63. The van der Waals surface area contributed by atoms with Gasteiger partial charge in [-0.25, -0.2) is 14.5 Å². The van der Waals surface area contributed by atoms with Crippen molar-refractivity contribution in [3.63, 3.8) is 0 Å². The number of ether oxygens (including phenoxy) is 1. The van der Waals surface area contributed by atoms with Crippen molar-refractivity contribution in [1.82, 2.24) is 19.6 Å². The minimum absolute atomic E-state index is 0.201. The Labute approximate surface area is 119 Å². The van der Waals surface area contributed by atoms with E-state index in [0.717, 1.165) is 0 Å². The normalized spacial score (nSPS) is 32.4. The first-order valence-corrected chi connectivity index (χ1v) is 6.32. The molecule has 0 aliphatic carbocycles. The molecule has 1 fully saturated rings. The van der Waals surface area contributed by atoms with Gasteiger partial charge in [0.15, 0.2) is 11.5 Å². The van der Waals surface area contributed by atoms with E-state index in [9.17, 15) is 15.5 Å². The van der Waals surface area contributed by atoms with Gasteiger partial charge in [0.2, 0.25) is 0 Å². The second-order valence-corrected chi connectivity index (χ2v) is 5.14. The lowest BCUT2D eigenvalue weighted by Gasteiger charge is -2.24. The predicted octanol–water partition coefficient (Wildman–Crippen LogP) is -0.971. The van der Waals surface area contributed by atoms with E-state index in [4.69, 9.17) is 10.5 Å². The Morgan fingerprint density at radius 1 is 1.57 bits per heavy atom. The first kappa shape index (κ1) is 13.7. The fraction of sp³-hybridized carbons (Fsp3) is 0.500. The molecule has 2 aromatic rings. The molecule has 4 N–H and O–H groups in total. The molecule has 0 radical (unpaired) electrons. The summed E-state index contributed by atoms with van der Waals surface area (Å²) in [5.74, 6) is 0.201. The quantitative estimate of drug-likeness (QED) is 0.641. The summed E-state index contributed by atoms with van der Waals surface area (Å²) in [5, 5.41) is 33.0. The van der Waals surface area contributed by atoms with E-state index in [-0.39, 0.29) is 12.4 Å². The molecule has 0 amide bonds. The van der Waals surface area contributed by atoms with Crippen LogP contribution in [0.2, 0.25) is 0 Å². The van der Waals surface area contributed by atoms with E-state index in [1.54, 1.807) is 6.92 Å². The molecule has 0 bridgehead atoms. The van der Waals surface area contributed by atoms with E-state index in [0.29, 0.717) is 11.3 Å². The van der Waals surface area contributed by atoms with E-state index in [2.05, 4.69) is 21.1 Å². The van der Waals surface area contributed by atoms with E-state index in [1.165, 1.54) is 17.0 Å². The Bertz CT molecular complexity index is 725. The van der Waals surface area contributed by atoms with Crippen LogP contribution in [0.5, 0.6) is 0 Å². The number of aliphatic hydroxyl groups excluding tert-OH is 2. The third kappa shape index (κ3) is 1.77. The standard InChI is InChI=1S/C12H14N6O3/c1-12(4-13)8(20)7(3-19)21-9(12)6-2-15-11-10(14)16-5-17-18(6)11/h2,5,7-9,19-20H,3H2,1H3,(H2,14,16,17). The van der Waals surface area contributed by atoms with Crippen molar-refractivity contribution in [2.75, 3.05) is 12.3 Å². The van der Waals surface area contributed by atoms with Crippen LogP contribution >= 0.6 is 0 Å². The summed E-state index contributed by atoms with van der Waals surface area (Å²) >= 11 is 0. The zero-order valence-corrected chi connectivity index (χ0v) is 11.2. The molecule has 1 saturated heterocycles. The van der Waals surface area contributed by atoms with Crippen molar-refractivity contribution < 1.29 is 14.9 Å². The maximum atomic E-state index is 10.2. The van der Waals surface area contributed by atoms with Gasteiger partial charge in [-0.2, -0.15) is 10.4 Å². The monoisotopic (exact) mass is 290 g/mol. The first-order chi connectivity index (χ1) is 10.0. The molecule has 0 aromatic carbocycles. The predicted molar refractivity (Wildman–Crippen MR) is 69.6 cm³/mol. The average Bonchev–Trinajstić information content (AvgIpc) is 3.01. The summed E-state index contributed by atoms with van der Waals surface area (Å²) in [7, 11) is 0. The number of nitrogen functional groups attached to an aromatic ring is 1. The van der Waals surface area contributed by atoms with Crippen molar-refractivity contribution in [3.05, 3.63) is 18.2 Å². The molecule has 9 nitrogen and oxygen atoms in total. The zero-order chi connectivity index (χ0) is 15.2. The number of imidazole rings is 1. The highest BCUT2D eigenvalue weighted by Gasteiger charge is 2.55. The van der Waals surface area contributed by atoms with Gasteiger partial charge in [0.05, 0.1) is 24.6 Å². The van der Waals surface area contributed by atoms with Crippen molar-refractivity contribution >= 4 is 11.5 Å². The van der Waals surface area contributed by atoms with Gasteiger partial charge in [0.25, 0.3) is 0 Å². The van der Waals surface area contributed by atoms with Crippen LogP contribution < -0.4 is 5.73 Å². The van der Waals surface area contributed by atoms with Gasteiger partial charge in [-0.3, -0.25) is 0 Å². The van der Waals surface area contributed by atoms with Gasteiger partial charge in [-0.1, -0.05) is 0 Å². The summed E-state index contributed by atoms with van der Waals surface area (Å²) in [6.45, 7) is 1.19. The minimum Gasteiger partial charge on any atom is -0.394 e. The molecule has 1 aliphatic heterocycles. The van der Waals surface area contributed by atoms with Crippen LogP contribution in [0, 0.1) is 16.7 Å². The maximum absolute atomic E-state index is 10.2. The third-order valence-electron chi connectivity index (χ3n) is 3.87. The van der Waals surface area contributed by atoms with Gasteiger partial charge in [0.1, 0.15) is 30.1 Å². The summed E-state index contributed by atoms with van der Waals surface area (Å²) in [6.07, 6.45) is -0.00949. The number of rotatable bonds is 2. The highest BCUT2D eigenvalue weighted by atomic mass is 16.5. The highest BCUT2D eigenvalue weighted by Crippen LogP contribution is 2.47. The van der Waals surface area contributed by atoms with Crippen LogP contribution in [0.25, 0.3) is 5.65 Å². The van der Waals surface area contributed by atoms with Gasteiger partial charge >= 0.3 is 0 Å². The van der Waals surface area contributed by atoms with E-state index >= 15 is 0 Å². The Morgan fingerprint density at radius 2 is 2.33 bits per heavy atom. The largest absolute Gasteiger partial charge is 0.394 e. The fourth-order valence-corrected chi connectivity index (χ4v) is 2.61. The Kier molecular flexibility index (Phi) is 3.02. The molecule has 0 spiro atoms. The number of nitrogens with two attached hydrogens (primary N) is 1.